The predicted octanol–water partition coefficient (Wildman–Crippen LogP) is 4.35. The summed E-state index contributed by atoms with van der Waals surface area (Å²) in [4.78, 5) is 9.28. The summed E-state index contributed by atoms with van der Waals surface area (Å²) in [6.07, 6.45) is 7.19. The SMILES string of the molecule is C=C(N)c1cnc(NC2CCC(C)(C)c3ccccc32)nc1N[C@@H]1CCC[C@H](O)C1. The summed E-state index contributed by atoms with van der Waals surface area (Å²) in [7, 11) is 0. The summed E-state index contributed by atoms with van der Waals surface area (Å²) in [6.45, 7) is 8.49. The van der Waals surface area contributed by atoms with Crippen molar-refractivity contribution in [1.82, 2.24) is 9.97 Å². The van der Waals surface area contributed by atoms with Crippen LogP contribution in [0.15, 0.2) is 37.0 Å². The molecule has 6 heteroatoms. The molecule has 2 aromatic rings. The number of fused-ring (bicyclic) bond motifs is 1. The largest absolute Gasteiger partial charge is 0.399 e. The first-order chi connectivity index (χ1) is 14.3. The van der Waals surface area contributed by atoms with Gasteiger partial charge < -0.3 is 21.5 Å². The van der Waals surface area contributed by atoms with Gasteiger partial charge in [0.2, 0.25) is 5.95 Å². The molecule has 0 radical (unpaired) electrons. The second kappa shape index (κ2) is 8.26. The van der Waals surface area contributed by atoms with Crippen molar-refractivity contribution in [3.63, 3.8) is 0 Å². The minimum Gasteiger partial charge on any atom is -0.399 e. The fourth-order valence-electron chi connectivity index (χ4n) is 4.80. The van der Waals surface area contributed by atoms with Crippen LogP contribution in [0.4, 0.5) is 11.8 Å². The van der Waals surface area contributed by atoms with E-state index in [1.807, 2.05) is 0 Å². The van der Waals surface area contributed by atoms with Crippen molar-refractivity contribution in [2.45, 2.75) is 76.0 Å². The third kappa shape index (κ3) is 4.29. The molecule has 0 saturated heterocycles. The van der Waals surface area contributed by atoms with E-state index in [9.17, 15) is 5.11 Å². The zero-order valence-electron chi connectivity index (χ0n) is 18.0. The van der Waals surface area contributed by atoms with Crippen molar-refractivity contribution in [3.05, 3.63) is 53.7 Å². The molecule has 0 amide bonds. The molecule has 0 bridgehead atoms. The van der Waals surface area contributed by atoms with E-state index in [2.05, 4.69) is 60.3 Å². The van der Waals surface area contributed by atoms with Crippen LogP contribution in [-0.2, 0) is 5.41 Å². The van der Waals surface area contributed by atoms with Gasteiger partial charge in [-0.2, -0.15) is 4.98 Å². The first kappa shape index (κ1) is 20.7. The summed E-state index contributed by atoms with van der Waals surface area (Å²) in [5.41, 5.74) is 10.0. The lowest BCUT2D eigenvalue weighted by molar-refractivity contribution is 0.124. The van der Waals surface area contributed by atoms with Gasteiger partial charge in [0.05, 0.1) is 17.7 Å². The van der Waals surface area contributed by atoms with Crippen molar-refractivity contribution in [1.29, 1.82) is 0 Å². The second-order valence-corrected chi connectivity index (χ2v) is 9.35. The Kier molecular flexibility index (Phi) is 5.69. The molecule has 160 valence electrons. The summed E-state index contributed by atoms with van der Waals surface area (Å²) in [5, 5.41) is 17.0. The molecule has 1 saturated carbocycles. The predicted molar refractivity (Wildman–Crippen MR) is 122 cm³/mol. The Morgan fingerprint density at radius 1 is 1.20 bits per heavy atom. The highest BCUT2D eigenvalue weighted by atomic mass is 16.3. The number of rotatable bonds is 5. The molecule has 0 spiro atoms. The topological polar surface area (TPSA) is 96.1 Å². The van der Waals surface area contributed by atoms with Gasteiger partial charge in [-0.15, -0.1) is 0 Å². The number of hydrogen-bond acceptors (Lipinski definition) is 6. The summed E-state index contributed by atoms with van der Waals surface area (Å²) >= 11 is 0. The number of hydrogen-bond donors (Lipinski definition) is 4. The lowest BCUT2D eigenvalue weighted by Gasteiger charge is -2.37. The van der Waals surface area contributed by atoms with Crippen LogP contribution in [0.3, 0.4) is 0 Å². The van der Waals surface area contributed by atoms with Gasteiger partial charge >= 0.3 is 0 Å². The average molecular weight is 408 g/mol. The van der Waals surface area contributed by atoms with Crippen LogP contribution in [0.1, 0.15) is 75.1 Å². The first-order valence-electron chi connectivity index (χ1n) is 11.0. The molecule has 30 heavy (non-hydrogen) atoms. The van der Waals surface area contributed by atoms with Gasteiger partial charge in [-0.1, -0.05) is 44.7 Å². The number of anilines is 2. The smallest absolute Gasteiger partial charge is 0.225 e. The van der Waals surface area contributed by atoms with Gasteiger partial charge in [-0.05, 0) is 55.1 Å². The third-order valence-corrected chi connectivity index (χ3v) is 6.55. The molecule has 6 nitrogen and oxygen atoms in total. The molecule has 4 rings (SSSR count). The maximum atomic E-state index is 10.0. The van der Waals surface area contributed by atoms with Gasteiger partial charge in [0.1, 0.15) is 5.82 Å². The monoisotopic (exact) mass is 407 g/mol. The average Bonchev–Trinajstić information content (AvgIpc) is 2.70. The van der Waals surface area contributed by atoms with Gasteiger partial charge in [-0.25, -0.2) is 4.98 Å². The van der Waals surface area contributed by atoms with Crippen LogP contribution in [0.5, 0.6) is 0 Å². The maximum Gasteiger partial charge on any atom is 0.225 e. The fraction of sp³-hybridized carbons (Fsp3) is 0.500. The number of nitrogens with zero attached hydrogens (tertiary/aromatic N) is 2. The van der Waals surface area contributed by atoms with E-state index in [0.717, 1.165) is 32.1 Å². The first-order valence-corrected chi connectivity index (χ1v) is 11.0. The molecule has 5 N–H and O–H groups in total. The van der Waals surface area contributed by atoms with Crippen LogP contribution < -0.4 is 16.4 Å². The quantitative estimate of drug-likeness (QED) is 0.589. The highest BCUT2D eigenvalue weighted by Crippen LogP contribution is 2.42. The van der Waals surface area contributed by atoms with Crippen LogP contribution in [-0.4, -0.2) is 27.2 Å². The van der Waals surface area contributed by atoms with Crippen LogP contribution in [0.2, 0.25) is 0 Å². The molecular weight excluding hydrogens is 374 g/mol. The molecule has 1 aromatic carbocycles. The van der Waals surface area contributed by atoms with Crippen molar-refractivity contribution >= 4 is 17.5 Å². The third-order valence-electron chi connectivity index (χ3n) is 6.55. The molecular formula is C24H33N5O. The molecule has 2 aliphatic rings. The Morgan fingerprint density at radius 2 is 2.00 bits per heavy atom. The van der Waals surface area contributed by atoms with Crippen molar-refractivity contribution in [3.8, 4) is 0 Å². The standard InChI is InChI=1S/C24H33N5O/c1-15(25)19-14-26-23(29-22(19)27-16-7-6-8-17(30)13-16)28-21-11-12-24(2,3)20-10-5-4-9-18(20)21/h4-5,9-10,14,16-17,21,30H,1,6-8,11-13,25H2,2-3H3,(H2,26,27,28,29)/t16-,17+,21?/m1/s1. The van der Waals surface area contributed by atoms with E-state index in [4.69, 9.17) is 10.7 Å². The molecule has 1 unspecified atom stereocenters. The van der Waals surface area contributed by atoms with E-state index < -0.39 is 0 Å². The Labute approximate surface area is 179 Å². The Bertz CT molecular complexity index is 926. The normalized spacial score (nSPS) is 25.2. The Hall–Kier alpha value is -2.60. The highest BCUT2D eigenvalue weighted by Gasteiger charge is 2.32. The number of benzene rings is 1. The lowest BCUT2D eigenvalue weighted by Crippen LogP contribution is -2.31. The van der Waals surface area contributed by atoms with E-state index in [-0.39, 0.29) is 23.6 Å². The minimum atomic E-state index is -0.262. The number of nitrogens with one attached hydrogen (secondary N) is 2. The van der Waals surface area contributed by atoms with Crippen molar-refractivity contribution < 1.29 is 5.11 Å². The molecule has 1 aromatic heterocycles. The lowest BCUT2D eigenvalue weighted by atomic mass is 9.71. The van der Waals surface area contributed by atoms with Gasteiger partial charge in [0, 0.05) is 17.9 Å². The van der Waals surface area contributed by atoms with E-state index in [1.165, 1.54) is 11.1 Å². The highest BCUT2D eigenvalue weighted by molar-refractivity contribution is 5.71. The molecule has 1 fully saturated rings. The molecule has 3 atom stereocenters. The van der Waals surface area contributed by atoms with Crippen LogP contribution in [0, 0.1) is 0 Å². The number of aliphatic hydroxyl groups is 1. The second-order valence-electron chi connectivity index (χ2n) is 9.35. The summed E-state index contributed by atoms with van der Waals surface area (Å²) < 4.78 is 0. The van der Waals surface area contributed by atoms with Gasteiger partial charge in [0.25, 0.3) is 0 Å². The molecule has 0 aliphatic heterocycles. The minimum absolute atomic E-state index is 0.172. The van der Waals surface area contributed by atoms with E-state index in [1.54, 1.807) is 6.20 Å². The zero-order chi connectivity index (χ0) is 21.3. The van der Waals surface area contributed by atoms with Crippen molar-refractivity contribution in [2.75, 3.05) is 10.6 Å². The molecule has 2 aliphatic carbocycles. The van der Waals surface area contributed by atoms with Crippen LogP contribution in [0.25, 0.3) is 5.70 Å². The van der Waals surface area contributed by atoms with Crippen LogP contribution >= 0.6 is 0 Å². The number of aliphatic hydroxyl groups excluding tert-OH is 1. The Balaban J connectivity index is 1.58. The number of aromatic nitrogens is 2. The van der Waals surface area contributed by atoms with Crippen molar-refractivity contribution in [2.24, 2.45) is 5.73 Å². The molecule has 1 heterocycles. The van der Waals surface area contributed by atoms with Gasteiger partial charge in [0.15, 0.2) is 0 Å². The summed E-state index contributed by atoms with van der Waals surface area (Å²) in [6, 6.07) is 8.98. The zero-order valence-corrected chi connectivity index (χ0v) is 18.0. The van der Waals surface area contributed by atoms with E-state index in [0.29, 0.717) is 29.4 Å². The maximum absolute atomic E-state index is 10.0. The summed E-state index contributed by atoms with van der Waals surface area (Å²) in [5.74, 6) is 1.27. The fourth-order valence-corrected chi connectivity index (χ4v) is 4.80. The Morgan fingerprint density at radius 3 is 2.77 bits per heavy atom. The van der Waals surface area contributed by atoms with E-state index >= 15 is 0 Å². The number of nitrogens with two attached hydrogens (primary N) is 1. The van der Waals surface area contributed by atoms with Gasteiger partial charge in [-0.3, -0.25) is 0 Å².